The van der Waals surface area contributed by atoms with E-state index in [2.05, 4.69) is 10.3 Å². The molecule has 0 aliphatic heterocycles. The maximum absolute atomic E-state index is 5.72. The van der Waals surface area contributed by atoms with Gasteiger partial charge in [0.05, 0.1) is 18.8 Å². The molecule has 1 saturated carbocycles. The van der Waals surface area contributed by atoms with E-state index in [1.807, 2.05) is 4.68 Å². The zero-order valence-corrected chi connectivity index (χ0v) is 7.73. The van der Waals surface area contributed by atoms with Gasteiger partial charge in [0.25, 0.3) is 0 Å². The SMILES string of the molecule is COCCn1nnc(N)c1C1CC1. The molecule has 1 aromatic rings. The minimum atomic E-state index is 0.582. The number of methoxy groups -OCH3 is 1. The van der Waals surface area contributed by atoms with Crippen LogP contribution in [-0.4, -0.2) is 28.7 Å². The fourth-order valence-electron chi connectivity index (χ4n) is 1.45. The van der Waals surface area contributed by atoms with Crippen molar-refractivity contribution in [1.29, 1.82) is 0 Å². The van der Waals surface area contributed by atoms with E-state index in [9.17, 15) is 0 Å². The Morgan fingerprint density at radius 2 is 2.38 bits per heavy atom. The molecule has 0 spiro atoms. The van der Waals surface area contributed by atoms with Crippen molar-refractivity contribution < 1.29 is 4.74 Å². The topological polar surface area (TPSA) is 66.0 Å². The lowest BCUT2D eigenvalue weighted by atomic mass is 10.3. The zero-order chi connectivity index (χ0) is 9.26. The second-order valence-electron chi connectivity index (χ2n) is 3.35. The minimum Gasteiger partial charge on any atom is -0.383 e. The molecule has 1 heterocycles. The number of nitrogen functional groups attached to an aromatic ring is 1. The van der Waals surface area contributed by atoms with Crippen LogP contribution in [0.3, 0.4) is 0 Å². The summed E-state index contributed by atoms with van der Waals surface area (Å²) >= 11 is 0. The number of nitrogens with two attached hydrogens (primary N) is 1. The molecule has 0 bridgehead atoms. The molecule has 13 heavy (non-hydrogen) atoms. The van der Waals surface area contributed by atoms with Gasteiger partial charge in [0, 0.05) is 13.0 Å². The largest absolute Gasteiger partial charge is 0.383 e. The molecule has 0 atom stereocenters. The minimum absolute atomic E-state index is 0.582. The van der Waals surface area contributed by atoms with E-state index in [1.54, 1.807) is 7.11 Å². The molecular weight excluding hydrogens is 168 g/mol. The van der Waals surface area contributed by atoms with E-state index in [-0.39, 0.29) is 0 Å². The molecule has 0 saturated heterocycles. The number of hydrogen-bond acceptors (Lipinski definition) is 4. The first-order valence-corrected chi connectivity index (χ1v) is 4.50. The first kappa shape index (κ1) is 8.50. The Morgan fingerprint density at radius 1 is 1.62 bits per heavy atom. The standard InChI is InChI=1S/C8H14N4O/c1-13-5-4-12-7(6-2-3-6)8(9)10-11-12/h6H,2-5,9H2,1H3. The van der Waals surface area contributed by atoms with Crippen molar-refractivity contribution in [2.45, 2.75) is 25.3 Å². The van der Waals surface area contributed by atoms with Crippen molar-refractivity contribution in [3.8, 4) is 0 Å². The van der Waals surface area contributed by atoms with Crippen molar-refractivity contribution in [3.63, 3.8) is 0 Å². The predicted molar refractivity (Wildman–Crippen MR) is 48.3 cm³/mol. The number of rotatable bonds is 4. The fraction of sp³-hybridized carbons (Fsp3) is 0.750. The number of ether oxygens (including phenoxy) is 1. The summed E-state index contributed by atoms with van der Waals surface area (Å²) in [4.78, 5) is 0. The van der Waals surface area contributed by atoms with Gasteiger partial charge in [0.15, 0.2) is 5.82 Å². The third-order valence-corrected chi connectivity index (χ3v) is 2.27. The summed E-state index contributed by atoms with van der Waals surface area (Å²) in [6, 6.07) is 0. The van der Waals surface area contributed by atoms with Gasteiger partial charge in [0.2, 0.25) is 0 Å². The molecular formula is C8H14N4O. The summed E-state index contributed by atoms with van der Waals surface area (Å²) in [5.41, 5.74) is 6.81. The van der Waals surface area contributed by atoms with Gasteiger partial charge < -0.3 is 10.5 Å². The van der Waals surface area contributed by atoms with Crippen LogP contribution in [-0.2, 0) is 11.3 Å². The van der Waals surface area contributed by atoms with Gasteiger partial charge in [0.1, 0.15) is 0 Å². The van der Waals surface area contributed by atoms with E-state index >= 15 is 0 Å². The van der Waals surface area contributed by atoms with Gasteiger partial charge in [-0.15, -0.1) is 5.10 Å². The highest BCUT2D eigenvalue weighted by Crippen LogP contribution is 2.41. The van der Waals surface area contributed by atoms with Crippen LogP contribution in [0.5, 0.6) is 0 Å². The molecule has 1 aliphatic rings. The number of anilines is 1. The summed E-state index contributed by atoms with van der Waals surface area (Å²) < 4.78 is 6.84. The molecule has 5 heteroatoms. The average molecular weight is 182 g/mol. The van der Waals surface area contributed by atoms with Crippen LogP contribution in [0.25, 0.3) is 0 Å². The normalized spacial score (nSPS) is 16.4. The Hall–Kier alpha value is -1.10. The molecule has 2 N–H and O–H groups in total. The summed E-state index contributed by atoms with van der Waals surface area (Å²) in [5.74, 6) is 1.17. The van der Waals surface area contributed by atoms with Gasteiger partial charge in [-0.2, -0.15) is 0 Å². The van der Waals surface area contributed by atoms with Gasteiger partial charge >= 0.3 is 0 Å². The first-order valence-electron chi connectivity index (χ1n) is 4.50. The molecule has 0 unspecified atom stereocenters. The summed E-state index contributed by atoms with van der Waals surface area (Å²) in [6.07, 6.45) is 2.43. The Bertz CT molecular complexity index is 292. The Morgan fingerprint density at radius 3 is 3.00 bits per heavy atom. The van der Waals surface area contributed by atoms with Gasteiger partial charge in [-0.05, 0) is 12.8 Å². The zero-order valence-electron chi connectivity index (χ0n) is 7.73. The fourth-order valence-corrected chi connectivity index (χ4v) is 1.45. The number of hydrogen-bond donors (Lipinski definition) is 1. The van der Waals surface area contributed by atoms with Gasteiger partial charge in [-0.3, -0.25) is 0 Å². The second-order valence-corrected chi connectivity index (χ2v) is 3.35. The lowest BCUT2D eigenvalue weighted by Gasteiger charge is -2.03. The molecule has 0 radical (unpaired) electrons. The molecule has 0 amide bonds. The van der Waals surface area contributed by atoms with Crippen LogP contribution in [0.15, 0.2) is 0 Å². The first-order chi connectivity index (χ1) is 6.33. The van der Waals surface area contributed by atoms with Crippen molar-refractivity contribution in [3.05, 3.63) is 5.69 Å². The third-order valence-electron chi connectivity index (χ3n) is 2.27. The summed E-state index contributed by atoms with van der Waals surface area (Å²) in [6.45, 7) is 1.40. The van der Waals surface area contributed by atoms with Crippen LogP contribution in [0, 0.1) is 0 Å². The maximum Gasteiger partial charge on any atom is 0.169 e. The summed E-state index contributed by atoms with van der Waals surface area (Å²) in [5, 5.41) is 7.84. The predicted octanol–water partition coefficient (Wildman–Crippen LogP) is 0.384. The quantitative estimate of drug-likeness (QED) is 0.731. The van der Waals surface area contributed by atoms with Crippen molar-refractivity contribution in [2.24, 2.45) is 0 Å². The van der Waals surface area contributed by atoms with Crippen molar-refractivity contribution >= 4 is 5.82 Å². The van der Waals surface area contributed by atoms with Crippen LogP contribution >= 0.6 is 0 Å². The number of nitrogens with zero attached hydrogens (tertiary/aromatic N) is 3. The number of aromatic nitrogens is 3. The van der Waals surface area contributed by atoms with E-state index in [1.165, 1.54) is 12.8 Å². The van der Waals surface area contributed by atoms with E-state index in [4.69, 9.17) is 10.5 Å². The second kappa shape index (κ2) is 3.33. The molecule has 5 nitrogen and oxygen atoms in total. The van der Waals surface area contributed by atoms with Crippen LogP contribution in [0.1, 0.15) is 24.5 Å². The van der Waals surface area contributed by atoms with Gasteiger partial charge in [-0.1, -0.05) is 5.21 Å². The van der Waals surface area contributed by atoms with Crippen molar-refractivity contribution in [1.82, 2.24) is 15.0 Å². The van der Waals surface area contributed by atoms with Gasteiger partial charge in [-0.25, -0.2) is 4.68 Å². The molecule has 1 aliphatic carbocycles. The highest BCUT2D eigenvalue weighted by Gasteiger charge is 2.30. The van der Waals surface area contributed by atoms with Crippen molar-refractivity contribution in [2.75, 3.05) is 19.5 Å². The smallest absolute Gasteiger partial charge is 0.169 e. The maximum atomic E-state index is 5.72. The molecule has 1 fully saturated rings. The Balaban J connectivity index is 2.13. The van der Waals surface area contributed by atoms with E-state index < -0.39 is 0 Å². The van der Waals surface area contributed by atoms with Crippen LogP contribution in [0.2, 0.25) is 0 Å². The average Bonchev–Trinajstić information content (AvgIpc) is 2.88. The van der Waals surface area contributed by atoms with E-state index in [0.29, 0.717) is 18.3 Å². The van der Waals surface area contributed by atoms with Crippen LogP contribution < -0.4 is 5.73 Å². The lowest BCUT2D eigenvalue weighted by Crippen LogP contribution is -2.09. The molecule has 1 aromatic heterocycles. The van der Waals surface area contributed by atoms with Crippen LogP contribution in [0.4, 0.5) is 5.82 Å². The van der Waals surface area contributed by atoms with E-state index in [0.717, 1.165) is 12.2 Å². The molecule has 0 aromatic carbocycles. The monoisotopic (exact) mass is 182 g/mol. The Labute approximate surface area is 76.9 Å². The highest BCUT2D eigenvalue weighted by molar-refractivity contribution is 5.38. The lowest BCUT2D eigenvalue weighted by molar-refractivity contribution is 0.182. The summed E-state index contributed by atoms with van der Waals surface area (Å²) in [7, 11) is 1.68. The highest BCUT2D eigenvalue weighted by atomic mass is 16.5. The molecule has 2 rings (SSSR count). The molecule has 72 valence electrons. The third kappa shape index (κ3) is 1.65. The Kier molecular flexibility index (Phi) is 2.18.